The standard InChI is InChI=1S/C17H24N4/c1-14(16-5-3-2-4-6-16)11-17-13-21(20-19-17)12-15-7-9-18-10-8-15/h2-6,13-15,18H,7-12H2,1H3. The molecule has 0 amide bonds. The van der Waals surface area contributed by atoms with E-state index in [0.717, 1.165) is 37.7 Å². The zero-order valence-electron chi connectivity index (χ0n) is 12.7. The Labute approximate surface area is 126 Å². The molecule has 4 heteroatoms. The summed E-state index contributed by atoms with van der Waals surface area (Å²) >= 11 is 0. The molecule has 2 heterocycles. The van der Waals surface area contributed by atoms with Crippen molar-refractivity contribution in [1.29, 1.82) is 0 Å². The second-order valence-corrected chi connectivity index (χ2v) is 6.14. The maximum Gasteiger partial charge on any atom is 0.0833 e. The third-order valence-corrected chi connectivity index (χ3v) is 4.37. The summed E-state index contributed by atoms with van der Waals surface area (Å²) in [4.78, 5) is 0. The van der Waals surface area contributed by atoms with Crippen molar-refractivity contribution in [3.63, 3.8) is 0 Å². The van der Waals surface area contributed by atoms with Gasteiger partial charge in [-0.25, -0.2) is 0 Å². The summed E-state index contributed by atoms with van der Waals surface area (Å²) in [7, 11) is 0. The first kappa shape index (κ1) is 14.3. The molecule has 1 aliphatic rings. The number of piperidine rings is 1. The van der Waals surface area contributed by atoms with Crippen molar-refractivity contribution in [3.05, 3.63) is 47.8 Å². The van der Waals surface area contributed by atoms with E-state index in [1.54, 1.807) is 0 Å². The van der Waals surface area contributed by atoms with Crippen LogP contribution >= 0.6 is 0 Å². The van der Waals surface area contributed by atoms with Crippen LogP contribution in [0.3, 0.4) is 0 Å². The normalized spacial score (nSPS) is 17.8. The van der Waals surface area contributed by atoms with E-state index in [1.807, 2.05) is 4.68 Å². The van der Waals surface area contributed by atoms with E-state index in [1.165, 1.54) is 18.4 Å². The average molecular weight is 284 g/mol. The van der Waals surface area contributed by atoms with E-state index >= 15 is 0 Å². The van der Waals surface area contributed by atoms with Crippen molar-refractivity contribution in [2.24, 2.45) is 5.92 Å². The molecule has 3 rings (SSSR count). The van der Waals surface area contributed by atoms with E-state index in [4.69, 9.17) is 0 Å². The number of nitrogens with one attached hydrogen (secondary N) is 1. The van der Waals surface area contributed by atoms with Gasteiger partial charge in [0.25, 0.3) is 0 Å². The molecule has 1 aliphatic heterocycles. The van der Waals surface area contributed by atoms with E-state index in [2.05, 4.69) is 59.1 Å². The summed E-state index contributed by atoms with van der Waals surface area (Å²) in [5.41, 5.74) is 2.46. The van der Waals surface area contributed by atoms with Gasteiger partial charge in [0.1, 0.15) is 0 Å². The van der Waals surface area contributed by atoms with Gasteiger partial charge in [0, 0.05) is 12.7 Å². The van der Waals surface area contributed by atoms with Gasteiger partial charge in [-0.15, -0.1) is 5.10 Å². The summed E-state index contributed by atoms with van der Waals surface area (Å²) < 4.78 is 2.03. The Balaban J connectivity index is 1.57. The highest BCUT2D eigenvalue weighted by Gasteiger charge is 2.15. The zero-order chi connectivity index (χ0) is 14.5. The Morgan fingerprint density at radius 2 is 2.00 bits per heavy atom. The van der Waals surface area contributed by atoms with Crippen LogP contribution in [0, 0.1) is 5.92 Å². The number of hydrogen-bond acceptors (Lipinski definition) is 3. The van der Waals surface area contributed by atoms with Gasteiger partial charge in [0.15, 0.2) is 0 Å². The molecule has 1 aromatic heterocycles. The molecule has 1 fully saturated rings. The second-order valence-electron chi connectivity index (χ2n) is 6.14. The lowest BCUT2D eigenvalue weighted by Gasteiger charge is -2.21. The van der Waals surface area contributed by atoms with E-state index < -0.39 is 0 Å². The third kappa shape index (κ3) is 3.91. The molecule has 2 aromatic rings. The minimum atomic E-state index is 0.482. The van der Waals surface area contributed by atoms with Gasteiger partial charge >= 0.3 is 0 Å². The molecule has 1 saturated heterocycles. The Morgan fingerprint density at radius 3 is 2.76 bits per heavy atom. The van der Waals surface area contributed by atoms with Gasteiger partial charge < -0.3 is 5.32 Å². The molecular weight excluding hydrogens is 260 g/mol. The van der Waals surface area contributed by atoms with Crippen LogP contribution in [0.1, 0.15) is 36.9 Å². The van der Waals surface area contributed by atoms with Crippen molar-refractivity contribution in [2.75, 3.05) is 13.1 Å². The number of aromatic nitrogens is 3. The van der Waals surface area contributed by atoms with Crippen LogP contribution in [0.2, 0.25) is 0 Å². The maximum atomic E-state index is 4.34. The van der Waals surface area contributed by atoms with Crippen molar-refractivity contribution in [3.8, 4) is 0 Å². The Kier molecular flexibility index (Phi) is 4.65. The van der Waals surface area contributed by atoms with Crippen LogP contribution < -0.4 is 5.32 Å². The third-order valence-electron chi connectivity index (χ3n) is 4.37. The van der Waals surface area contributed by atoms with Crippen molar-refractivity contribution in [1.82, 2.24) is 20.3 Å². The van der Waals surface area contributed by atoms with Crippen LogP contribution in [-0.2, 0) is 13.0 Å². The summed E-state index contributed by atoms with van der Waals surface area (Å²) in [6.45, 7) is 5.53. The van der Waals surface area contributed by atoms with Crippen LogP contribution in [0.5, 0.6) is 0 Å². The molecule has 0 bridgehead atoms. The highest BCUT2D eigenvalue weighted by Crippen LogP contribution is 2.19. The van der Waals surface area contributed by atoms with Gasteiger partial charge in [-0.2, -0.15) is 0 Å². The predicted molar refractivity (Wildman–Crippen MR) is 84.2 cm³/mol. The number of nitrogens with zero attached hydrogens (tertiary/aromatic N) is 3. The quantitative estimate of drug-likeness (QED) is 0.918. The van der Waals surface area contributed by atoms with Crippen molar-refractivity contribution in [2.45, 2.75) is 38.6 Å². The Bertz CT molecular complexity index is 543. The van der Waals surface area contributed by atoms with E-state index in [-0.39, 0.29) is 0 Å². The summed E-state index contributed by atoms with van der Waals surface area (Å²) in [6, 6.07) is 10.6. The molecule has 0 radical (unpaired) electrons. The minimum Gasteiger partial charge on any atom is -0.317 e. The minimum absolute atomic E-state index is 0.482. The monoisotopic (exact) mass is 284 g/mol. The molecule has 1 atom stereocenters. The highest BCUT2D eigenvalue weighted by atomic mass is 15.4. The first-order chi connectivity index (χ1) is 10.3. The number of rotatable bonds is 5. The van der Waals surface area contributed by atoms with E-state index in [0.29, 0.717) is 5.92 Å². The fraction of sp³-hybridized carbons (Fsp3) is 0.529. The van der Waals surface area contributed by atoms with Gasteiger partial charge in [-0.1, -0.05) is 42.5 Å². The molecule has 21 heavy (non-hydrogen) atoms. The summed E-state index contributed by atoms with van der Waals surface area (Å²) in [5, 5.41) is 12.1. The van der Waals surface area contributed by atoms with Crippen molar-refractivity contribution >= 4 is 0 Å². The molecule has 0 saturated carbocycles. The first-order valence-corrected chi connectivity index (χ1v) is 7.96. The number of hydrogen-bond donors (Lipinski definition) is 1. The maximum absolute atomic E-state index is 4.34. The van der Waals surface area contributed by atoms with Crippen LogP contribution in [0.25, 0.3) is 0 Å². The number of benzene rings is 1. The molecule has 0 spiro atoms. The van der Waals surface area contributed by atoms with Crippen LogP contribution in [0.4, 0.5) is 0 Å². The van der Waals surface area contributed by atoms with Crippen molar-refractivity contribution < 1.29 is 0 Å². The predicted octanol–water partition coefficient (Wildman–Crippen LogP) is 2.62. The van der Waals surface area contributed by atoms with E-state index in [9.17, 15) is 0 Å². The molecule has 112 valence electrons. The SMILES string of the molecule is CC(Cc1cn(CC2CCNCC2)nn1)c1ccccc1. The lowest BCUT2D eigenvalue weighted by atomic mass is 9.96. The average Bonchev–Trinajstić information content (AvgIpc) is 2.96. The fourth-order valence-electron chi connectivity index (χ4n) is 3.06. The lowest BCUT2D eigenvalue weighted by molar-refractivity contribution is 0.318. The first-order valence-electron chi connectivity index (χ1n) is 7.96. The second kappa shape index (κ2) is 6.85. The summed E-state index contributed by atoms with van der Waals surface area (Å²) in [5.74, 6) is 1.22. The van der Waals surface area contributed by atoms with Gasteiger partial charge in [-0.05, 0) is 49.8 Å². The Morgan fingerprint density at radius 1 is 1.24 bits per heavy atom. The van der Waals surface area contributed by atoms with Gasteiger partial charge in [0.2, 0.25) is 0 Å². The van der Waals surface area contributed by atoms with Gasteiger partial charge in [0.05, 0.1) is 5.69 Å². The smallest absolute Gasteiger partial charge is 0.0833 e. The molecule has 1 N–H and O–H groups in total. The largest absolute Gasteiger partial charge is 0.317 e. The van der Waals surface area contributed by atoms with Crippen LogP contribution in [-0.4, -0.2) is 28.1 Å². The van der Waals surface area contributed by atoms with Crippen LogP contribution in [0.15, 0.2) is 36.5 Å². The fourth-order valence-corrected chi connectivity index (χ4v) is 3.06. The zero-order valence-corrected chi connectivity index (χ0v) is 12.7. The Hall–Kier alpha value is -1.68. The topological polar surface area (TPSA) is 42.7 Å². The molecule has 4 nitrogen and oxygen atoms in total. The highest BCUT2D eigenvalue weighted by molar-refractivity contribution is 5.20. The lowest BCUT2D eigenvalue weighted by Crippen LogP contribution is -2.30. The molecular formula is C17H24N4. The molecule has 0 aliphatic carbocycles. The molecule has 1 aromatic carbocycles. The summed E-state index contributed by atoms with van der Waals surface area (Å²) in [6.07, 6.45) is 5.57. The van der Waals surface area contributed by atoms with Gasteiger partial charge in [-0.3, -0.25) is 4.68 Å². The molecule has 1 unspecified atom stereocenters.